The zero-order valence-corrected chi connectivity index (χ0v) is 13.7. The van der Waals surface area contributed by atoms with Crippen LogP contribution in [0.4, 0.5) is 0 Å². The van der Waals surface area contributed by atoms with Crippen molar-refractivity contribution in [2.45, 2.75) is 45.7 Å². The monoisotopic (exact) mass is 288 g/mol. The molecule has 1 fully saturated rings. The predicted octanol–water partition coefficient (Wildman–Crippen LogP) is 2.87. The topological polar surface area (TPSA) is 24.5 Å². The standard InChI is InChI=1S/C18H28N2O/c1-13-9-19-17(18(2,3)4)11-20(13)10-14-12-21-16-8-6-5-7-15(14)16/h5-8,13-14,17,19H,9-12H2,1-4H3. The van der Waals surface area contributed by atoms with Crippen molar-refractivity contribution in [2.24, 2.45) is 5.41 Å². The van der Waals surface area contributed by atoms with Crippen LogP contribution < -0.4 is 10.1 Å². The molecule has 0 aromatic heterocycles. The van der Waals surface area contributed by atoms with Gasteiger partial charge in [-0.25, -0.2) is 0 Å². The molecule has 3 nitrogen and oxygen atoms in total. The van der Waals surface area contributed by atoms with Crippen LogP contribution in [0.5, 0.6) is 5.75 Å². The van der Waals surface area contributed by atoms with E-state index < -0.39 is 0 Å². The molecule has 0 spiro atoms. The highest BCUT2D eigenvalue weighted by molar-refractivity contribution is 5.39. The Kier molecular flexibility index (Phi) is 3.98. The van der Waals surface area contributed by atoms with Crippen LogP contribution in [0.25, 0.3) is 0 Å². The summed E-state index contributed by atoms with van der Waals surface area (Å²) in [6.07, 6.45) is 0. The number of rotatable bonds is 2. The molecule has 1 aromatic rings. The number of benzene rings is 1. The molecule has 3 atom stereocenters. The largest absolute Gasteiger partial charge is 0.493 e. The predicted molar refractivity (Wildman–Crippen MR) is 87.0 cm³/mol. The second kappa shape index (κ2) is 5.62. The Morgan fingerprint density at radius 3 is 2.81 bits per heavy atom. The van der Waals surface area contributed by atoms with E-state index in [1.54, 1.807) is 0 Å². The molecule has 1 saturated heterocycles. The summed E-state index contributed by atoms with van der Waals surface area (Å²) in [7, 11) is 0. The fourth-order valence-electron chi connectivity index (χ4n) is 3.42. The van der Waals surface area contributed by atoms with E-state index in [0.29, 0.717) is 23.4 Å². The summed E-state index contributed by atoms with van der Waals surface area (Å²) in [6, 6.07) is 9.65. The van der Waals surface area contributed by atoms with Gasteiger partial charge < -0.3 is 10.1 Å². The molecule has 21 heavy (non-hydrogen) atoms. The van der Waals surface area contributed by atoms with Crippen LogP contribution in [0.2, 0.25) is 0 Å². The van der Waals surface area contributed by atoms with Gasteiger partial charge in [0.05, 0.1) is 6.61 Å². The van der Waals surface area contributed by atoms with Crippen LogP contribution in [0, 0.1) is 5.41 Å². The molecule has 2 heterocycles. The molecule has 3 heteroatoms. The number of fused-ring (bicyclic) bond motifs is 1. The Bertz CT molecular complexity index is 494. The van der Waals surface area contributed by atoms with E-state index in [-0.39, 0.29) is 0 Å². The summed E-state index contributed by atoms with van der Waals surface area (Å²) in [5.41, 5.74) is 1.69. The summed E-state index contributed by atoms with van der Waals surface area (Å²) in [6.45, 7) is 13.4. The van der Waals surface area contributed by atoms with Crippen LogP contribution in [0.15, 0.2) is 24.3 Å². The SMILES string of the molecule is CC1CNC(C(C)(C)C)CN1CC1COc2ccccc21. The number of ether oxygens (including phenoxy) is 1. The van der Waals surface area contributed by atoms with Crippen LogP contribution in [0.1, 0.15) is 39.2 Å². The van der Waals surface area contributed by atoms with Gasteiger partial charge in [0.1, 0.15) is 5.75 Å². The number of nitrogens with zero attached hydrogens (tertiary/aromatic N) is 1. The average molecular weight is 288 g/mol. The lowest BCUT2D eigenvalue weighted by Gasteiger charge is -2.44. The van der Waals surface area contributed by atoms with Gasteiger partial charge in [0.25, 0.3) is 0 Å². The van der Waals surface area contributed by atoms with Gasteiger partial charge in [-0.15, -0.1) is 0 Å². The Balaban J connectivity index is 1.69. The highest BCUT2D eigenvalue weighted by Crippen LogP contribution is 2.35. The van der Waals surface area contributed by atoms with Crippen molar-refractivity contribution < 1.29 is 4.74 Å². The summed E-state index contributed by atoms with van der Waals surface area (Å²) in [4.78, 5) is 2.64. The summed E-state index contributed by atoms with van der Waals surface area (Å²) in [5, 5.41) is 3.71. The molecule has 1 N–H and O–H groups in total. The zero-order valence-electron chi connectivity index (χ0n) is 13.7. The molecule has 3 rings (SSSR count). The van der Waals surface area contributed by atoms with E-state index in [1.807, 2.05) is 0 Å². The van der Waals surface area contributed by atoms with E-state index in [2.05, 4.69) is 62.2 Å². The van der Waals surface area contributed by atoms with E-state index in [4.69, 9.17) is 4.74 Å². The van der Waals surface area contributed by atoms with Gasteiger partial charge in [-0.05, 0) is 18.4 Å². The maximum Gasteiger partial charge on any atom is 0.122 e. The second-order valence-corrected chi connectivity index (χ2v) is 7.68. The van der Waals surface area contributed by atoms with E-state index >= 15 is 0 Å². The molecule has 0 bridgehead atoms. The van der Waals surface area contributed by atoms with Crippen LogP contribution in [-0.2, 0) is 0 Å². The lowest BCUT2D eigenvalue weighted by molar-refractivity contribution is 0.0856. The Hall–Kier alpha value is -1.06. The van der Waals surface area contributed by atoms with Gasteiger partial charge >= 0.3 is 0 Å². The van der Waals surface area contributed by atoms with E-state index in [1.165, 1.54) is 5.56 Å². The highest BCUT2D eigenvalue weighted by Gasteiger charge is 2.34. The molecule has 0 radical (unpaired) electrons. The van der Waals surface area contributed by atoms with Gasteiger partial charge in [0.2, 0.25) is 0 Å². The van der Waals surface area contributed by atoms with Crippen LogP contribution in [-0.4, -0.2) is 43.2 Å². The minimum atomic E-state index is 0.308. The number of piperazine rings is 1. The Labute approximate surface area is 128 Å². The minimum absolute atomic E-state index is 0.308. The molecule has 0 amide bonds. The number of nitrogens with one attached hydrogen (secondary N) is 1. The molecule has 0 saturated carbocycles. The van der Waals surface area contributed by atoms with Gasteiger partial charge in [-0.1, -0.05) is 39.0 Å². The highest BCUT2D eigenvalue weighted by atomic mass is 16.5. The first kappa shape index (κ1) is 14.9. The lowest BCUT2D eigenvalue weighted by Crippen LogP contribution is -2.60. The van der Waals surface area contributed by atoms with Crippen molar-refractivity contribution in [1.29, 1.82) is 0 Å². The number of hydrogen-bond acceptors (Lipinski definition) is 3. The molecule has 2 aliphatic rings. The van der Waals surface area contributed by atoms with E-state index in [0.717, 1.165) is 32.0 Å². The molecule has 3 unspecified atom stereocenters. The number of para-hydroxylation sites is 1. The van der Waals surface area contributed by atoms with Crippen molar-refractivity contribution in [3.63, 3.8) is 0 Å². The molecule has 0 aliphatic carbocycles. The maximum atomic E-state index is 5.84. The summed E-state index contributed by atoms with van der Waals surface area (Å²) in [5.74, 6) is 1.60. The lowest BCUT2D eigenvalue weighted by atomic mass is 9.84. The first-order valence-corrected chi connectivity index (χ1v) is 8.14. The molecule has 1 aromatic carbocycles. The van der Waals surface area contributed by atoms with Crippen LogP contribution >= 0.6 is 0 Å². The average Bonchev–Trinajstić information content (AvgIpc) is 2.83. The van der Waals surface area contributed by atoms with Gasteiger partial charge in [0, 0.05) is 43.2 Å². The second-order valence-electron chi connectivity index (χ2n) is 7.68. The first-order chi connectivity index (χ1) is 9.95. The van der Waals surface area contributed by atoms with Crippen molar-refractivity contribution in [3.8, 4) is 5.75 Å². The molecule has 116 valence electrons. The number of hydrogen-bond donors (Lipinski definition) is 1. The summed E-state index contributed by atoms with van der Waals surface area (Å²) >= 11 is 0. The molecular weight excluding hydrogens is 260 g/mol. The van der Waals surface area contributed by atoms with E-state index in [9.17, 15) is 0 Å². The Morgan fingerprint density at radius 1 is 1.29 bits per heavy atom. The fraction of sp³-hybridized carbons (Fsp3) is 0.667. The fourth-order valence-corrected chi connectivity index (χ4v) is 3.42. The third-order valence-corrected chi connectivity index (χ3v) is 5.00. The molecular formula is C18H28N2O. The first-order valence-electron chi connectivity index (χ1n) is 8.14. The van der Waals surface area contributed by atoms with Crippen molar-refractivity contribution in [1.82, 2.24) is 10.2 Å². The Morgan fingerprint density at radius 2 is 2.05 bits per heavy atom. The van der Waals surface area contributed by atoms with Crippen LogP contribution in [0.3, 0.4) is 0 Å². The minimum Gasteiger partial charge on any atom is -0.493 e. The maximum absolute atomic E-state index is 5.84. The zero-order chi connectivity index (χ0) is 15.0. The molecule has 2 aliphatic heterocycles. The smallest absolute Gasteiger partial charge is 0.122 e. The summed E-state index contributed by atoms with van der Waals surface area (Å²) < 4.78 is 5.84. The van der Waals surface area contributed by atoms with Crippen molar-refractivity contribution in [3.05, 3.63) is 29.8 Å². The van der Waals surface area contributed by atoms with Gasteiger partial charge in [0.15, 0.2) is 0 Å². The third-order valence-electron chi connectivity index (χ3n) is 5.00. The van der Waals surface area contributed by atoms with Gasteiger partial charge in [-0.2, -0.15) is 0 Å². The van der Waals surface area contributed by atoms with Gasteiger partial charge in [-0.3, -0.25) is 4.90 Å². The third kappa shape index (κ3) is 3.09. The van der Waals surface area contributed by atoms with Crippen molar-refractivity contribution >= 4 is 0 Å². The normalized spacial score (nSPS) is 30.0. The quantitative estimate of drug-likeness (QED) is 0.905. The van der Waals surface area contributed by atoms with Crippen molar-refractivity contribution in [2.75, 3.05) is 26.2 Å².